The Morgan fingerprint density at radius 3 is 2.39 bits per heavy atom. The van der Waals surface area contributed by atoms with Gasteiger partial charge in [0.2, 0.25) is 0 Å². The van der Waals surface area contributed by atoms with E-state index in [9.17, 15) is 14.7 Å². The van der Waals surface area contributed by atoms with Gasteiger partial charge in [0, 0.05) is 19.8 Å². The number of ether oxygens (including phenoxy) is 2. The Labute approximate surface area is 138 Å². The predicted molar refractivity (Wildman–Crippen MR) is 87.4 cm³/mol. The van der Waals surface area contributed by atoms with Gasteiger partial charge in [-0.2, -0.15) is 0 Å². The lowest BCUT2D eigenvalue weighted by Gasteiger charge is -2.30. The predicted octanol–water partition coefficient (Wildman–Crippen LogP) is 3.20. The molecule has 6 heteroatoms. The van der Waals surface area contributed by atoms with Crippen LogP contribution in [0, 0.1) is 11.3 Å². The average Bonchev–Trinajstić information content (AvgIpc) is 3.22. The standard InChI is InChI=1S/C17H31NO5/c1-5-22-10-6-9-17(14(19)20,11-13-7-8-13)12-18-15(21)23-16(2,3)4/h13H,5-12H2,1-4H3,(H,18,21)(H,19,20). The summed E-state index contributed by atoms with van der Waals surface area (Å²) in [5, 5.41) is 12.4. The zero-order chi connectivity index (χ0) is 17.5. The molecule has 23 heavy (non-hydrogen) atoms. The highest BCUT2D eigenvalue weighted by Gasteiger charge is 2.43. The van der Waals surface area contributed by atoms with Crippen molar-refractivity contribution in [3.63, 3.8) is 0 Å². The maximum Gasteiger partial charge on any atom is 0.407 e. The second kappa shape index (κ2) is 8.52. The number of alkyl carbamates (subject to hydrolysis) is 1. The number of carboxylic acid groups (broad SMARTS) is 1. The first-order chi connectivity index (χ1) is 10.7. The van der Waals surface area contributed by atoms with Crippen LogP contribution in [0.3, 0.4) is 0 Å². The van der Waals surface area contributed by atoms with Crippen molar-refractivity contribution in [3.05, 3.63) is 0 Å². The van der Waals surface area contributed by atoms with E-state index >= 15 is 0 Å². The Morgan fingerprint density at radius 1 is 1.26 bits per heavy atom. The van der Waals surface area contributed by atoms with Crippen LogP contribution < -0.4 is 5.32 Å². The van der Waals surface area contributed by atoms with Crippen LogP contribution in [0.5, 0.6) is 0 Å². The number of hydrogen-bond donors (Lipinski definition) is 2. The second-order valence-corrected chi connectivity index (χ2v) is 7.39. The highest BCUT2D eigenvalue weighted by atomic mass is 16.6. The number of amides is 1. The van der Waals surface area contributed by atoms with Crippen LogP contribution >= 0.6 is 0 Å². The zero-order valence-corrected chi connectivity index (χ0v) is 14.8. The molecule has 1 unspecified atom stereocenters. The first-order valence-corrected chi connectivity index (χ1v) is 8.46. The Balaban J connectivity index is 2.64. The average molecular weight is 329 g/mol. The summed E-state index contributed by atoms with van der Waals surface area (Å²) < 4.78 is 10.5. The van der Waals surface area contributed by atoms with Gasteiger partial charge in [-0.15, -0.1) is 0 Å². The molecule has 1 amide bonds. The van der Waals surface area contributed by atoms with Gasteiger partial charge in [0.05, 0.1) is 5.41 Å². The molecule has 0 aromatic rings. The monoisotopic (exact) mass is 329 g/mol. The molecule has 0 spiro atoms. The Bertz CT molecular complexity index is 400. The summed E-state index contributed by atoms with van der Waals surface area (Å²) >= 11 is 0. The third-order valence-electron chi connectivity index (χ3n) is 3.95. The molecular weight excluding hydrogens is 298 g/mol. The summed E-state index contributed by atoms with van der Waals surface area (Å²) in [6.45, 7) is 8.52. The van der Waals surface area contributed by atoms with E-state index in [0.717, 1.165) is 12.8 Å². The summed E-state index contributed by atoms with van der Waals surface area (Å²) in [6.07, 6.45) is 3.35. The van der Waals surface area contributed by atoms with E-state index in [1.54, 1.807) is 20.8 Å². The fourth-order valence-electron chi connectivity index (χ4n) is 2.62. The Hall–Kier alpha value is -1.30. The normalized spacial score (nSPS) is 17.4. The molecule has 1 rings (SSSR count). The van der Waals surface area contributed by atoms with Gasteiger partial charge in [0.1, 0.15) is 5.60 Å². The van der Waals surface area contributed by atoms with E-state index in [-0.39, 0.29) is 6.54 Å². The number of nitrogens with one attached hydrogen (secondary N) is 1. The third-order valence-corrected chi connectivity index (χ3v) is 3.95. The van der Waals surface area contributed by atoms with Crippen molar-refractivity contribution >= 4 is 12.1 Å². The SMILES string of the molecule is CCOCCCC(CNC(=O)OC(C)(C)C)(CC1CC1)C(=O)O. The van der Waals surface area contributed by atoms with Gasteiger partial charge >= 0.3 is 12.1 Å². The number of carbonyl (C=O) groups excluding carboxylic acids is 1. The molecule has 0 radical (unpaired) electrons. The van der Waals surface area contributed by atoms with E-state index in [1.807, 2.05) is 6.92 Å². The van der Waals surface area contributed by atoms with Crippen molar-refractivity contribution in [1.29, 1.82) is 0 Å². The molecule has 0 aromatic carbocycles. The van der Waals surface area contributed by atoms with E-state index in [1.165, 1.54) is 0 Å². The molecule has 2 N–H and O–H groups in total. The number of hydrogen-bond acceptors (Lipinski definition) is 4. The fraction of sp³-hybridized carbons (Fsp3) is 0.882. The number of rotatable bonds is 10. The number of carboxylic acids is 1. The second-order valence-electron chi connectivity index (χ2n) is 7.39. The minimum Gasteiger partial charge on any atom is -0.481 e. The van der Waals surface area contributed by atoms with Crippen molar-refractivity contribution in [2.24, 2.45) is 11.3 Å². The highest BCUT2D eigenvalue weighted by molar-refractivity contribution is 5.76. The summed E-state index contributed by atoms with van der Waals surface area (Å²) in [6, 6.07) is 0. The van der Waals surface area contributed by atoms with Gasteiger partial charge in [-0.1, -0.05) is 12.8 Å². The molecule has 0 saturated heterocycles. The molecule has 1 saturated carbocycles. The smallest absolute Gasteiger partial charge is 0.407 e. The largest absolute Gasteiger partial charge is 0.481 e. The molecule has 1 aliphatic carbocycles. The molecule has 0 aliphatic heterocycles. The van der Waals surface area contributed by atoms with Crippen molar-refractivity contribution in [1.82, 2.24) is 5.32 Å². The molecular formula is C17H31NO5. The minimum atomic E-state index is -0.935. The molecule has 6 nitrogen and oxygen atoms in total. The first-order valence-electron chi connectivity index (χ1n) is 8.46. The number of aliphatic carboxylic acids is 1. The molecule has 0 aromatic heterocycles. The van der Waals surface area contributed by atoms with Crippen LogP contribution in [-0.4, -0.2) is 42.5 Å². The van der Waals surface area contributed by atoms with E-state index < -0.39 is 23.1 Å². The quantitative estimate of drug-likeness (QED) is 0.601. The molecule has 134 valence electrons. The summed E-state index contributed by atoms with van der Waals surface area (Å²) in [5.74, 6) is -0.393. The third kappa shape index (κ3) is 7.68. The molecule has 1 fully saturated rings. The zero-order valence-electron chi connectivity index (χ0n) is 14.8. The molecule has 0 heterocycles. The topological polar surface area (TPSA) is 84.9 Å². The minimum absolute atomic E-state index is 0.0971. The van der Waals surface area contributed by atoms with E-state index in [0.29, 0.717) is 38.4 Å². The van der Waals surface area contributed by atoms with Crippen LogP contribution in [0.25, 0.3) is 0 Å². The van der Waals surface area contributed by atoms with Gasteiger partial charge < -0.3 is 19.9 Å². The number of carbonyl (C=O) groups is 2. The van der Waals surface area contributed by atoms with Gasteiger partial charge in [-0.05, 0) is 52.9 Å². The van der Waals surface area contributed by atoms with Crippen LogP contribution in [0.1, 0.15) is 59.8 Å². The summed E-state index contributed by atoms with van der Waals surface area (Å²) in [5.41, 5.74) is -1.53. The van der Waals surface area contributed by atoms with Crippen LogP contribution in [-0.2, 0) is 14.3 Å². The summed E-state index contributed by atoms with van der Waals surface area (Å²) in [4.78, 5) is 23.8. The lowest BCUT2D eigenvalue weighted by atomic mass is 9.78. The van der Waals surface area contributed by atoms with Crippen LogP contribution in [0.2, 0.25) is 0 Å². The van der Waals surface area contributed by atoms with Gasteiger partial charge in [0.15, 0.2) is 0 Å². The van der Waals surface area contributed by atoms with Crippen molar-refractivity contribution < 1.29 is 24.2 Å². The highest BCUT2D eigenvalue weighted by Crippen LogP contribution is 2.42. The van der Waals surface area contributed by atoms with Crippen molar-refractivity contribution in [2.75, 3.05) is 19.8 Å². The lowest BCUT2D eigenvalue weighted by molar-refractivity contribution is -0.150. The summed E-state index contributed by atoms with van der Waals surface area (Å²) in [7, 11) is 0. The fourth-order valence-corrected chi connectivity index (χ4v) is 2.62. The van der Waals surface area contributed by atoms with Crippen molar-refractivity contribution in [3.8, 4) is 0 Å². The lowest BCUT2D eigenvalue weighted by Crippen LogP contribution is -2.45. The maximum absolute atomic E-state index is 11.9. The molecule has 0 bridgehead atoms. The molecule has 1 aliphatic rings. The molecule has 1 atom stereocenters. The first kappa shape index (κ1) is 19.7. The Morgan fingerprint density at radius 2 is 1.91 bits per heavy atom. The van der Waals surface area contributed by atoms with Crippen molar-refractivity contribution in [2.45, 2.75) is 65.4 Å². The van der Waals surface area contributed by atoms with Gasteiger partial charge in [-0.25, -0.2) is 4.79 Å². The Kier molecular flexibility index (Phi) is 7.32. The van der Waals surface area contributed by atoms with E-state index in [2.05, 4.69) is 5.32 Å². The van der Waals surface area contributed by atoms with Crippen LogP contribution in [0.15, 0.2) is 0 Å². The van der Waals surface area contributed by atoms with Gasteiger partial charge in [-0.3, -0.25) is 4.79 Å². The van der Waals surface area contributed by atoms with Gasteiger partial charge in [0.25, 0.3) is 0 Å². The van der Waals surface area contributed by atoms with E-state index in [4.69, 9.17) is 9.47 Å². The maximum atomic E-state index is 11.9. The van der Waals surface area contributed by atoms with Crippen LogP contribution in [0.4, 0.5) is 4.79 Å².